The van der Waals surface area contributed by atoms with E-state index in [4.69, 9.17) is 22.1 Å². The highest BCUT2D eigenvalue weighted by atomic mass is 79.9. The average Bonchev–Trinajstić information content (AvgIpc) is 2.48. The number of nitrogens with zero attached hydrogens (tertiary/aromatic N) is 1. The fourth-order valence-electron chi connectivity index (χ4n) is 2.12. The van der Waals surface area contributed by atoms with Crippen LogP contribution in [0.2, 0.25) is 5.02 Å². The van der Waals surface area contributed by atoms with Crippen molar-refractivity contribution in [2.75, 3.05) is 5.73 Å². The van der Waals surface area contributed by atoms with Gasteiger partial charge in [0.1, 0.15) is 12.4 Å². The van der Waals surface area contributed by atoms with Crippen LogP contribution in [-0.2, 0) is 6.61 Å². The summed E-state index contributed by atoms with van der Waals surface area (Å²) in [4.78, 5) is 4.40. The highest BCUT2D eigenvalue weighted by molar-refractivity contribution is 9.10. The van der Waals surface area contributed by atoms with Crippen LogP contribution >= 0.6 is 27.5 Å². The third-order valence-electron chi connectivity index (χ3n) is 3.16. The predicted octanol–water partition coefficient (Wildman–Crippen LogP) is 4.81. The van der Waals surface area contributed by atoms with Crippen molar-refractivity contribution < 1.29 is 4.74 Å². The van der Waals surface area contributed by atoms with Crippen LogP contribution in [0.15, 0.2) is 53.1 Å². The van der Waals surface area contributed by atoms with E-state index in [0.717, 1.165) is 32.4 Å². The molecule has 0 amide bonds. The topological polar surface area (TPSA) is 48.1 Å². The molecule has 0 aliphatic heterocycles. The van der Waals surface area contributed by atoms with Gasteiger partial charge in [0.2, 0.25) is 0 Å². The molecule has 0 unspecified atom stereocenters. The second-order valence-electron chi connectivity index (χ2n) is 4.58. The fraction of sp³-hybridized carbons (Fsp3) is 0.0625. The molecule has 0 spiro atoms. The molecule has 0 fully saturated rings. The number of fused-ring (bicyclic) bond motifs is 1. The maximum absolute atomic E-state index is 5.97. The van der Waals surface area contributed by atoms with Gasteiger partial charge in [-0.3, -0.25) is 4.98 Å². The summed E-state index contributed by atoms with van der Waals surface area (Å²) in [5.74, 6) is 0.736. The normalized spacial score (nSPS) is 10.8. The van der Waals surface area contributed by atoms with Crippen molar-refractivity contribution in [2.45, 2.75) is 6.61 Å². The monoisotopic (exact) mass is 362 g/mol. The molecule has 0 aliphatic rings. The number of nitrogens with two attached hydrogens (primary N) is 1. The van der Waals surface area contributed by atoms with E-state index in [1.54, 1.807) is 18.3 Å². The zero-order chi connectivity index (χ0) is 14.8. The van der Waals surface area contributed by atoms with E-state index in [-0.39, 0.29) is 0 Å². The molecule has 0 saturated carbocycles. The van der Waals surface area contributed by atoms with Gasteiger partial charge in [-0.05, 0) is 52.3 Å². The molecule has 106 valence electrons. The molecule has 3 nitrogen and oxygen atoms in total. The summed E-state index contributed by atoms with van der Waals surface area (Å²) < 4.78 is 6.66. The van der Waals surface area contributed by atoms with Gasteiger partial charge >= 0.3 is 0 Å². The number of hydrogen-bond donors (Lipinski definition) is 1. The molecular weight excluding hydrogens is 352 g/mol. The van der Waals surface area contributed by atoms with Crippen molar-refractivity contribution in [3.63, 3.8) is 0 Å². The molecule has 21 heavy (non-hydrogen) atoms. The number of hydrogen-bond acceptors (Lipinski definition) is 3. The summed E-state index contributed by atoms with van der Waals surface area (Å²) in [6, 6.07) is 13.1. The Bertz CT molecular complexity index is 807. The number of pyridine rings is 1. The number of aromatic nitrogens is 1. The lowest BCUT2D eigenvalue weighted by atomic mass is 10.1. The van der Waals surface area contributed by atoms with Gasteiger partial charge in [0.15, 0.2) is 0 Å². The van der Waals surface area contributed by atoms with Gasteiger partial charge in [0, 0.05) is 27.9 Å². The van der Waals surface area contributed by atoms with E-state index < -0.39 is 0 Å². The summed E-state index contributed by atoms with van der Waals surface area (Å²) in [5, 5.41) is 1.60. The standard InChI is InChI=1S/C16H12BrClN2O/c17-13-8-11(18)4-6-15(13)21-9-10-3-5-14(19)12-2-1-7-20-16(10)12/h1-8H,9,19H2. The van der Waals surface area contributed by atoms with Gasteiger partial charge in [0.05, 0.1) is 9.99 Å². The quantitative estimate of drug-likeness (QED) is 0.679. The maximum Gasteiger partial charge on any atom is 0.134 e. The fourth-order valence-corrected chi connectivity index (χ4v) is 2.91. The Labute approximate surface area is 135 Å². The molecule has 5 heteroatoms. The molecule has 1 aromatic heterocycles. The minimum absolute atomic E-state index is 0.411. The van der Waals surface area contributed by atoms with Crippen LogP contribution in [0.4, 0.5) is 5.69 Å². The largest absolute Gasteiger partial charge is 0.488 e. The lowest BCUT2D eigenvalue weighted by Gasteiger charge is -2.11. The van der Waals surface area contributed by atoms with E-state index >= 15 is 0 Å². The van der Waals surface area contributed by atoms with Crippen molar-refractivity contribution in [3.8, 4) is 5.75 Å². The van der Waals surface area contributed by atoms with Crippen LogP contribution in [0.1, 0.15) is 5.56 Å². The van der Waals surface area contributed by atoms with Crippen molar-refractivity contribution in [2.24, 2.45) is 0 Å². The van der Waals surface area contributed by atoms with E-state index in [1.165, 1.54) is 0 Å². The van der Waals surface area contributed by atoms with Crippen LogP contribution in [0.5, 0.6) is 5.75 Å². The van der Waals surface area contributed by atoms with Crippen LogP contribution in [0, 0.1) is 0 Å². The number of benzene rings is 2. The van der Waals surface area contributed by atoms with Crippen LogP contribution in [-0.4, -0.2) is 4.98 Å². The summed E-state index contributed by atoms with van der Waals surface area (Å²) >= 11 is 9.36. The van der Waals surface area contributed by atoms with Gasteiger partial charge in [0.25, 0.3) is 0 Å². The van der Waals surface area contributed by atoms with Crippen molar-refractivity contribution in [1.82, 2.24) is 4.98 Å². The summed E-state index contributed by atoms with van der Waals surface area (Å²) in [6.07, 6.45) is 1.75. The van der Waals surface area contributed by atoms with E-state index in [2.05, 4.69) is 20.9 Å². The summed E-state index contributed by atoms with van der Waals surface area (Å²) in [7, 11) is 0. The first kappa shape index (κ1) is 14.2. The Morgan fingerprint density at radius 2 is 2.05 bits per heavy atom. The Hall–Kier alpha value is -1.78. The zero-order valence-electron chi connectivity index (χ0n) is 11.0. The van der Waals surface area contributed by atoms with Gasteiger partial charge < -0.3 is 10.5 Å². The molecule has 0 saturated heterocycles. The number of rotatable bonds is 3. The minimum atomic E-state index is 0.411. The lowest BCUT2D eigenvalue weighted by molar-refractivity contribution is 0.305. The Morgan fingerprint density at radius 3 is 2.86 bits per heavy atom. The molecule has 0 radical (unpaired) electrons. The third-order valence-corrected chi connectivity index (χ3v) is 4.02. The first-order valence-corrected chi connectivity index (χ1v) is 7.52. The number of halogens is 2. The van der Waals surface area contributed by atoms with Crippen LogP contribution in [0.3, 0.4) is 0 Å². The highest BCUT2D eigenvalue weighted by Crippen LogP contribution is 2.29. The number of anilines is 1. The average molecular weight is 364 g/mol. The van der Waals surface area contributed by atoms with E-state index in [0.29, 0.717) is 11.6 Å². The molecule has 3 rings (SSSR count). The molecule has 0 aliphatic carbocycles. The van der Waals surface area contributed by atoms with Gasteiger partial charge in [-0.15, -0.1) is 0 Å². The first-order valence-electron chi connectivity index (χ1n) is 6.35. The maximum atomic E-state index is 5.97. The zero-order valence-corrected chi connectivity index (χ0v) is 13.4. The molecule has 0 atom stereocenters. The third kappa shape index (κ3) is 2.96. The molecule has 2 aromatic carbocycles. The van der Waals surface area contributed by atoms with Crippen LogP contribution < -0.4 is 10.5 Å². The smallest absolute Gasteiger partial charge is 0.134 e. The first-order chi connectivity index (χ1) is 10.1. The molecular formula is C16H12BrClN2O. The van der Waals surface area contributed by atoms with E-state index in [9.17, 15) is 0 Å². The predicted molar refractivity (Wildman–Crippen MR) is 89.6 cm³/mol. The number of nitrogen functional groups attached to an aromatic ring is 1. The minimum Gasteiger partial charge on any atom is -0.488 e. The summed E-state index contributed by atoms with van der Waals surface area (Å²) in [6.45, 7) is 0.411. The Morgan fingerprint density at radius 1 is 1.19 bits per heavy atom. The Kier molecular flexibility index (Phi) is 3.99. The van der Waals surface area contributed by atoms with Gasteiger partial charge in [-0.25, -0.2) is 0 Å². The molecule has 2 N–H and O–H groups in total. The van der Waals surface area contributed by atoms with E-state index in [1.807, 2.05) is 30.3 Å². The van der Waals surface area contributed by atoms with Crippen molar-refractivity contribution in [1.29, 1.82) is 0 Å². The molecule has 3 aromatic rings. The lowest BCUT2D eigenvalue weighted by Crippen LogP contribution is -1.99. The van der Waals surface area contributed by atoms with Crippen molar-refractivity contribution >= 4 is 44.1 Å². The van der Waals surface area contributed by atoms with Gasteiger partial charge in [-0.1, -0.05) is 17.7 Å². The van der Waals surface area contributed by atoms with Crippen molar-refractivity contribution in [3.05, 3.63) is 63.7 Å². The Balaban J connectivity index is 1.90. The summed E-state index contributed by atoms with van der Waals surface area (Å²) in [5.41, 5.74) is 8.54. The SMILES string of the molecule is Nc1ccc(COc2ccc(Cl)cc2Br)c2ncccc12. The highest BCUT2D eigenvalue weighted by Gasteiger charge is 2.07. The molecule has 0 bridgehead atoms. The second kappa shape index (κ2) is 5.92. The number of ether oxygens (including phenoxy) is 1. The van der Waals surface area contributed by atoms with Crippen LogP contribution in [0.25, 0.3) is 10.9 Å². The molecule has 1 heterocycles. The van der Waals surface area contributed by atoms with Gasteiger partial charge in [-0.2, -0.15) is 0 Å². The second-order valence-corrected chi connectivity index (χ2v) is 5.87.